The molecule has 0 spiro atoms. The van der Waals surface area contributed by atoms with Crippen molar-refractivity contribution < 1.29 is 22.7 Å². The minimum atomic E-state index is -4.44. The summed E-state index contributed by atoms with van der Waals surface area (Å²) >= 11 is 0. The number of alkyl halides is 3. The van der Waals surface area contributed by atoms with Gasteiger partial charge in [-0.2, -0.15) is 13.2 Å². The van der Waals surface area contributed by atoms with E-state index < -0.39 is 11.9 Å². The highest BCUT2D eigenvalue weighted by Gasteiger charge is 2.39. The SMILES string of the molecule is O=C(Cc1ccc(N2C[C@@H]3C[C@H]2CO3)cc1)N[C@@H]1CCN(c2ccc(C(F)(F)F)nc2)C1. The quantitative estimate of drug-likeness (QED) is 0.765. The van der Waals surface area contributed by atoms with Crippen molar-refractivity contribution in [3.63, 3.8) is 0 Å². The number of amides is 1. The molecule has 1 aromatic carbocycles. The molecule has 0 unspecified atom stereocenters. The Morgan fingerprint density at radius 3 is 2.53 bits per heavy atom. The molecule has 1 N–H and O–H groups in total. The second kappa shape index (κ2) is 8.27. The van der Waals surface area contributed by atoms with Crippen LogP contribution in [0.4, 0.5) is 24.5 Å². The number of anilines is 2. The van der Waals surface area contributed by atoms with E-state index in [1.54, 1.807) is 0 Å². The van der Waals surface area contributed by atoms with Crippen LogP contribution in [0.2, 0.25) is 0 Å². The molecule has 1 amide bonds. The predicted molar refractivity (Wildman–Crippen MR) is 114 cm³/mol. The molecule has 3 aliphatic rings. The van der Waals surface area contributed by atoms with Crippen LogP contribution >= 0.6 is 0 Å². The number of nitrogens with zero attached hydrogens (tertiary/aromatic N) is 3. The van der Waals surface area contributed by atoms with Crippen LogP contribution in [0.1, 0.15) is 24.1 Å². The number of aromatic nitrogens is 1. The van der Waals surface area contributed by atoms with Crippen LogP contribution < -0.4 is 15.1 Å². The van der Waals surface area contributed by atoms with Crippen molar-refractivity contribution in [1.82, 2.24) is 10.3 Å². The maximum Gasteiger partial charge on any atom is 0.433 e. The molecule has 170 valence electrons. The van der Waals surface area contributed by atoms with Gasteiger partial charge in [-0.05, 0) is 42.7 Å². The zero-order valence-corrected chi connectivity index (χ0v) is 17.5. The molecule has 4 heterocycles. The standard InChI is InChI=1S/C23H25F3N4O2/c24-23(25,26)21-6-5-18(11-27-21)29-8-7-16(12-29)28-22(31)9-15-1-3-17(4-2-15)30-13-20-10-19(30)14-32-20/h1-6,11,16,19-20H,7-10,12-14H2,(H,28,31)/t16-,19+,20+/m1/s1. The molecule has 0 radical (unpaired) electrons. The largest absolute Gasteiger partial charge is 0.433 e. The summed E-state index contributed by atoms with van der Waals surface area (Å²) in [6.07, 6.45) is -0.729. The Bertz CT molecular complexity index is 965. The van der Waals surface area contributed by atoms with Gasteiger partial charge in [0.25, 0.3) is 0 Å². The van der Waals surface area contributed by atoms with Gasteiger partial charge >= 0.3 is 6.18 Å². The lowest BCUT2D eigenvalue weighted by Crippen LogP contribution is -2.38. The van der Waals surface area contributed by atoms with E-state index in [2.05, 4.69) is 27.3 Å². The van der Waals surface area contributed by atoms with E-state index in [0.717, 1.165) is 37.6 Å². The number of benzene rings is 1. The van der Waals surface area contributed by atoms with Gasteiger partial charge < -0.3 is 19.9 Å². The third-order valence-electron chi connectivity index (χ3n) is 6.49. The molecular formula is C23H25F3N4O2. The predicted octanol–water partition coefficient (Wildman–Crippen LogP) is 3.02. The molecule has 5 rings (SSSR count). The van der Waals surface area contributed by atoms with Crippen LogP contribution in [0.25, 0.3) is 0 Å². The normalized spacial score (nSPS) is 24.9. The van der Waals surface area contributed by atoms with Gasteiger partial charge in [-0.3, -0.25) is 4.79 Å². The molecule has 1 aromatic heterocycles. The topological polar surface area (TPSA) is 57.7 Å². The highest BCUT2D eigenvalue weighted by Crippen LogP contribution is 2.32. The molecule has 32 heavy (non-hydrogen) atoms. The van der Waals surface area contributed by atoms with Gasteiger partial charge in [-0.25, -0.2) is 4.98 Å². The summed E-state index contributed by atoms with van der Waals surface area (Å²) in [4.78, 5) is 20.4. The van der Waals surface area contributed by atoms with E-state index in [4.69, 9.17) is 4.74 Å². The number of hydrogen-bond donors (Lipinski definition) is 1. The molecule has 2 bridgehead atoms. The molecule has 3 atom stereocenters. The molecule has 0 aliphatic carbocycles. The Labute approximate surface area is 184 Å². The van der Waals surface area contributed by atoms with Crippen molar-refractivity contribution in [3.05, 3.63) is 53.9 Å². The lowest BCUT2D eigenvalue weighted by Gasteiger charge is -2.29. The van der Waals surface area contributed by atoms with Gasteiger partial charge in [0.2, 0.25) is 5.91 Å². The number of morpholine rings is 1. The lowest BCUT2D eigenvalue weighted by molar-refractivity contribution is -0.141. The number of ether oxygens (including phenoxy) is 1. The Hall–Kier alpha value is -2.81. The molecule has 6 nitrogen and oxygen atoms in total. The fourth-order valence-electron chi connectivity index (χ4n) is 4.84. The smallest absolute Gasteiger partial charge is 0.374 e. The summed E-state index contributed by atoms with van der Waals surface area (Å²) in [6, 6.07) is 11.0. The van der Waals surface area contributed by atoms with Crippen LogP contribution in [0.3, 0.4) is 0 Å². The minimum absolute atomic E-state index is 0.0378. The lowest BCUT2D eigenvalue weighted by atomic mass is 10.1. The van der Waals surface area contributed by atoms with Gasteiger partial charge in [0.05, 0.1) is 37.1 Å². The van der Waals surface area contributed by atoms with E-state index in [1.165, 1.54) is 18.0 Å². The van der Waals surface area contributed by atoms with E-state index in [-0.39, 0.29) is 11.9 Å². The van der Waals surface area contributed by atoms with Gasteiger partial charge in [0.1, 0.15) is 5.69 Å². The summed E-state index contributed by atoms with van der Waals surface area (Å²) in [5.74, 6) is -0.0521. The molecule has 2 aromatic rings. The minimum Gasteiger partial charge on any atom is -0.374 e. The number of hydrogen-bond acceptors (Lipinski definition) is 5. The maximum atomic E-state index is 12.7. The summed E-state index contributed by atoms with van der Waals surface area (Å²) in [5, 5.41) is 3.05. The second-order valence-corrected chi connectivity index (χ2v) is 8.74. The Kier molecular flexibility index (Phi) is 5.44. The van der Waals surface area contributed by atoms with Crippen LogP contribution in [0, 0.1) is 0 Å². The van der Waals surface area contributed by atoms with Crippen LogP contribution in [-0.2, 0) is 22.1 Å². The van der Waals surface area contributed by atoms with Gasteiger partial charge in [0.15, 0.2) is 0 Å². The van der Waals surface area contributed by atoms with Crippen molar-refractivity contribution in [3.8, 4) is 0 Å². The van der Waals surface area contributed by atoms with E-state index in [0.29, 0.717) is 37.3 Å². The van der Waals surface area contributed by atoms with E-state index >= 15 is 0 Å². The number of halogens is 3. The van der Waals surface area contributed by atoms with Crippen LogP contribution in [-0.4, -0.2) is 55.3 Å². The van der Waals surface area contributed by atoms with E-state index in [9.17, 15) is 18.0 Å². The Balaban J connectivity index is 1.12. The first-order valence-corrected chi connectivity index (χ1v) is 10.9. The molecule has 3 aliphatic heterocycles. The molecule has 3 fully saturated rings. The van der Waals surface area contributed by atoms with Crippen molar-refractivity contribution in [2.45, 2.75) is 43.6 Å². The third kappa shape index (κ3) is 4.39. The fourth-order valence-corrected chi connectivity index (χ4v) is 4.84. The molecule has 0 saturated carbocycles. The number of pyridine rings is 1. The number of nitrogens with one attached hydrogen (secondary N) is 1. The average Bonchev–Trinajstić information content (AvgIpc) is 3.51. The van der Waals surface area contributed by atoms with Crippen molar-refractivity contribution in [2.24, 2.45) is 0 Å². The highest BCUT2D eigenvalue weighted by atomic mass is 19.4. The van der Waals surface area contributed by atoms with Crippen LogP contribution in [0.5, 0.6) is 0 Å². The molecular weight excluding hydrogens is 421 g/mol. The number of carbonyl (C=O) groups excluding carboxylic acids is 1. The highest BCUT2D eigenvalue weighted by molar-refractivity contribution is 5.79. The third-order valence-corrected chi connectivity index (χ3v) is 6.49. The maximum absolute atomic E-state index is 12.7. The summed E-state index contributed by atoms with van der Waals surface area (Å²) in [6.45, 7) is 2.93. The zero-order chi connectivity index (χ0) is 22.3. The fraction of sp³-hybridized carbons (Fsp3) is 0.478. The Morgan fingerprint density at radius 1 is 1.12 bits per heavy atom. The molecule has 3 saturated heterocycles. The average molecular weight is 446 g/mol. The molecule has 9 heteroatoms. The van der Waals surface area contributed by atoms with Crippen molar-refractivity contribution in [1.29, 1.82) is 0 Å². The van der Waals surface area contributed by atoms with Crippen LogP contribution in [0.15, 0.2) is 42.6 Å². The summed E-state index contributed by atoms with van der Waals surface area (Å²) in [7, 11) is 0. The Morgan fingerprint density at radius 2 is 1.91 bits per heavy atom. The first-order valence-electron chi connectivity index (χ1n) is 10.9. The van der Waals surface area contributed by atoms with Gasteiger partial charge in [-0.1, -0.05) is 12.1 Å². The summed E-state index contributed by atoms with van der Waals surface area (Å²) < 4.78 is 43.7. The van der Waals surface area contributed by atoms with Gasteiger partial charge in [-0.15, -0.1) is 0 Å². The first-order chi connectivity index (χ1) is 15.3. The first kappa shape index (κ1) is 21.1. The number of rotatable bonds is 5. The summed E-state index contributed by atoms with van der Waals surface area (Å²) in [5.41, 5.74) is 1.85. The van der Waals surface area contributed by atoms with Gasteiger partial charge in [0, 0.05) is 31.4 Å². The number of fused-ring (bicyclic) bond motifs is 2. The van der Waals surface area contributed by atoms with Crippen molar-refractivity contribution in [2.75, 3.05) is 36.0 Å². The zero-order valence-electron chi connectivity index (χ0n) is 17.5. The second-order valence-electron chi connectivity index (χ2n) is 8.74. The monoisotopic (exact) mass is 446 g/mol. The number of carbonyl (C=O) groups is 1. The van der Waals surface area contributed by atoms with Crippen molar-refractivity contribution >= 4 is 17.3 Å². The van der Waals surface area contributed by atoms with E-state index in [1.807, 2.05) is 17.0 Å².